The van der Waals surface area contributed by atoms with Gasteiger partial charge in [-0.3, -0.25) is 4.79 Å². The van der Waals surface area contributed by atoms with Crippen molar-refractivity contribution in [2.75, 3.05) is 7.11 Å². The highest BCUT2D eigenvalue weighted by Crippen LogP contribution is 2.38. The van der Waals surface area contributed by atoms with Gasteiger partial charge in [-0.25, -0.2) is 0 Å². The van der Waals surface area contributed by atoms with Crippen LogP contribution in [0, 0.1) is 11.3 Å². The number of hydrogen-bond donors (Lipinski definition) is 0. The van der Waals surface area contributed by atoms with Crippen LogP contribution in [0.2, 0.25) is 0 Å². The van der Waals surface area contributed by atoms with Gasteiger partial charge in [0.25, 0.3) is 0 Å². The van der Waals surface area contributed by atoms with Gasteiger partial charge in [0.2, 0.25) is 0 Å². The fourth-order valence-corrected chi connectivity index (χ4v) is 1.98. The molecule has 1 atom stereocenters. The first kappa shape index (κ1) is 11.0. The summed E-state index contributed by atoms with van der Waals surface area (Å²) in [6.45, 7) is 6.19. The molecule has 14 heavy (non-hydrogen) atoms. The summed E-state index contributed by atoms with van der Waals surface area (Å²) in [5.74, 6) is -0.255. The summed E-state index contributed by atoms with van der Waals surface area (Å²) in [5.41, 5.74) is 1.03. The zero-order chi connectivity index (χ0) is 10.8. The zero-order valence-electron chi connectivity index (χ0n) is 9.33. The van der Waals surface area contributed by atoms with E-state index in [0.29, 0.717) is 0 Å². The van der Waals surface area contributed by atoms with Gasteiger partial charge in [0.1, 0.15) is 0 Å². The van der Waals surface area contributed by atoms with Gasteiger partial charge in [-0.15, -0.1) is 0 Å². The highest BCUT2D eigenvalue weighted by atomic mass is 16.5. The topological polar surface area (TPSA) is 26.3 Å². The quantitative estimate of drug-likeness (QED) is 0.632. The minimum absolute atomic E-state index is 0.123. The lowest BCUT2D eigenvalue weighted by Crippen LogP contribution is -2.33. The van der Waals surface area contributed by atoms with E-state index in [1.165, 1.54) is 7.11 Å². The minimum atomic E-state index is -0.132. The van der Waals surface area contributed by atoms with Crippen LogP contribution in [0.1, 0.15) is 27.2 Å². The van der Waals surface area contributed by atoms with Gasteiger partial charge >= 0.3 is 5.97 Å². The lowest BCUT2D eigenvalue weighted by molar-refractivity contribution is -0.146. The molecule has 2 heteroatoms. The van der Waals surface area contributed by atoms with E-state index in [-0.39, 0.29) is 17.3 Å². The molecule has 0 saturated carbocycles. The molecule has 0 heterocycles. The van der Waals surface area contributed by atoms with Crippen LogP contribution in [0.4, 0.5) is 0 Å². The number of hydrogen-bond acceptors (Lipinski definition) is 2. The molecule has 1 rings (SSSR count). The van der Waals surface area contributed by atoms with Crippen molar-refractivity contribution in [2.24, 2.45) is 11.3 Å². The lowest BCUT2D eigenvalue weighted by atomic mass is 9.71. The third-order valence-corrected chi connectivity index (χ3v) is 2.80. The first-order valence-corrected chi connectivity index (χ1v) is 4.99. The molecule has 0 radical (unpaired) electrons. The Morgan fingerprint density at radius 2 is 2.21 bits per heavy atom. The van der Waals surface area contributed by atoms with Crippen molar-refractivity contribution in [3.63, 3.8) is 0 Å². The summed E-state index contributed by atoms with van der Waals surface area (Å²) in [4.78, 5) is 11.7. The smallest absolute Gasteiger partial charge is 0.313 e. The fraction of sp³-hybridized carbons (Fsp3) is 0.583. The van der Waals surface area contributed by atoms with Crippen LogP contribution in [0.25, 0.3) is 0 Å². The molecule has 0 aromatic rings. The summed E-state index contributed by atoms with van der Waals surface area (Å²) in [5, 5.41) is 0. The summed E-state index contributed by atoms with van der Waals surface area (Å²) in [6, 6.07) is 0. The molecule has 78 valence electrons. The van der Waals surface area contributed by atoms with Gasteiger partial charge < -0.3 is 4.74 Å². The van der Waals surface area contributed by atoms with E-state index in [2.05, 4.69) is 26.8 Å². The Kier molecular flexibility index (Phi) is 3.14. The fourth-order valence-electron chi connectivity index (χ4n) is 1.98. The van der Waals surface area contributed by atoms with E-state index in [1.54, 1.807) is 0 Å². The molecule has 0 aromatic carbocycles. The van der Waals surface area contributed by atoms with Crippen molar-refractivity contribution >= 4 is 5.97 Å². The normalized spacial score (nSPS) is 24.3. The van der Waals surface area contributed by atoms with Crippen molar-refractivity contribution in [3.05, 3.63) is 23.8 Å². The van der Waals surface area contributed by atoms with Crippen LogP contribution in [-0.4, -0.2) is 13.1 Å². The first-order chi connectivity index (χ1) is 6.53. The van der Waals surface area contributed by atoms with Crippen molar-refractivity contribution in [2.45, 2.75) is 27.2 Å². The Bertz CT molecular complexity index is 285. The Morgan fingerprint density at radius 1 is 1.57 bits per heavy atom. The largest absolute Gasteiger partial charge is 0.469 e. The standard InChI is InChI=1S/C12H18O2/c1-5-9-7-6-8-12(2,3)10(9)11(13)14-4/h6-8,10H,5H2,1-4H3. The maximum atomic E-state index is 11.7. The Labute approximate surface area is 85.6 Å². The van der Waals surface area contributed by atoms with E-state index in [9.17, 15) is 4.79 Å². The molecule has 0 aliphatic heterocycles. The number of esters is 1. The van der Waals surface area contributed by atoms with Gasteiger partial charge in [0, 0.05) is 0 Å². The van der Waals surface area contributed by atoms with Crippen LogP contribution in [0.5, 0.6) is 0 Å². The van der Waals surface area contributed by atoms with Gasteiger partial charge in [0.15, 0.2) is 0 Å². The molecule has 0 aromatic heterocycles. The molecular formula is C12H18O2. The van der Waals surface area contributed by atoms with E-state index in [4.69, 9.17) is 4.74 Å². The van der Waals surface area contributed by atoms with Crippen molar-refractivity contribution in [1.29, 1.82) is 0 Å². The second-order valence-corrected chi connectivity index (χ2v) is 4.23. The molecule has 0 N–H and O–H groups in total. The maximum Gasteiger partial charge on any atom is 0.313 e. The second-order valence-electron chi connectivity index (χ2n) is 4.23. The summed E-state index contributed by atoms with van der Waals surface area (Å²) < 4.78 is 4.84. The molecule has 2 nitrogen and oxygen atoms in total. The van der Waals surface area contributed by atoms with Gasteiger partial charge in [-0.1, -0.05) is 44.6 Å². The number of allylic oxidation sites excluding steroid dienone is 3. The minimum Gasteiger partial charge on any atom is -0.469 e. The maximum absolute atomic E-state index is 11.7. The van der Waals surface area contributed by atoms with Crippen molar-refractivity contribution in [1.82, 2.24) is 0 Å². The molecule has 0 amide bonds. The Hall–Kier alpha value is -1.05. The summed E-state index contributed by atoms with van der Waals surface area (Å²) in [7, 11) is 1.45. The Morgan fingerprint density at radius 3 is 2.71 bits per heavy atom. The molecule has 0 fully saturated rings. The number of carbonyl (C=O) groups is 1. The first-order valence-electron chi connectivity index (χ1n) is 4.99. The van der Waals surface area contributed by atoms with E-state index in [0.717, 1.165) is 12.0 Å². The van der Waals surface area contributed by atoms with Crippen LogP contribution >= 0.6 is 0 Å². The average molecular weight is 194 g/mol. The third kappa shape index (κ3) is 1.89. The van der Waals surface area contributed by atoms with Gasteiger partial charge in [0.05, 0.1) is 13.0 Å². The predicted octanol–water partition coefficient (Wildman–Crippen LogP) is 2.71. The number of methoxy groups -OCH3 is 1. The van der Waals surface area contributed by atoms with E-state index in [1.807, 2.05) is 12.2 Å². The molecule has 0 bridgehead atoms. The van der Waals surface area contributed by atoms with Crippen LogP contribution < -0.4 is 0 Å². The third-order valence-electron chi connectivity index (χ3n) is 2.80. The number of carbonyl (C=O) groups excluding carboxylic acids is 1. The van der Waals surface area contributed by atoms with Gasteiger partial charge in [-0.2, -0.15) is 0 Å². The molecule has 1 aliphatic rings. The van der Waals surface area contributed by atoms with Crippen LogP contribution in [-0.2, 0) is 9.53 Å². The molecule has 1 aliphatic carbocycles. The van der Waals surface area contributed by atoms with E-state index >= 15 is 0 Å². The second kappa shape index (κ2) is 3.99. The van der Waals surface area contributed by atoms with Crippen molar-refractivity contribution in [3.8, 4) is 0 Å². The van der Waals surface area contributed by atoms with Crippen LogP contribution in [0.15, 0.2) is 23.8 Å². The zero-order valence-corrected chi connectivity index (χ0v) is 9.33. The number of rotatable bonds is 2. The highest BCUT2D eigenvalue weighted by Gasteiger charge is 2.37. The van der Waals surface area contributed by atoms with Gasteiger partial charge in [-0.05, 0) is 11.8 Å². The van der Waals surface area contributed by atoms with E-state index < -0.39 is 0 Å². The molecule has 0 spiro atoms. The van der Waals surface area contributed by atoms with Crippen molar-refractivity contribution < 1.29 is 9.53 Å². The highest BCUT2D eigenvalue weighted by molar-refractivity contribution is 5.77. The molecule has 0 saturated heterocycles. The summed E-state index contributed by atoms with van der Waals surface area (Å²) >= 11 is 0. The molecule has 1 unspecified atom stereocenters. The van der Waals surface area contributed by atoms with Crippen LogP contribution in [0.3, 0.4) is 0 Å². The Balaban J connectivity index is 3.02. The lowest BCUT2D eigenvalue weighted by Gasteiger charge is -2.33. The monoisotopic (exact) mass is 194 g/mol. The number of ether oxygens (including phenoxy) is 1. The summed E-state index contributed by atoms with van der Waals surface area (Å²) in [6.07, 6.45) is 7.01. The predicted molar refractivity (Wildman–Crippen MR) is 56.8 cm³/mol. The average Bonchev–Trinajstić information content (AvgIpc) is 2.15. The molecular weight excluding hydrogens is 176 g/mol. The SMILES string of the molecule is CCC1=CC=CC(C)(C)C1C(=O)OC.